The fourth-order valence-electron chi connectivity index (χ4n) is 2.51. The number of hydrogen-bond donors (Lipinski definition) is 1. The zero-order valence-corrected chi connectivity index (χ0v) is 14.4. The summed E-state index contributed by atoms with van der Waals surface area (Å²) in [6.07, 6.45) is 0.254. The quantitative estimate of drug-likeness (QED) is 0.695. The first-order valence-electron chi connectivity index (χ1n) is 7.89. The molecule has 1 aliphatic rings. The third kappa shape index (κ3) is 5.43. The highest BCUT2D eigenvalue weighted by atomic mass is 31.2. The van der Waals surface area contributed by atoms with Crippen molar-refractivity contribution in [2.75, 3.05) is 19.4 Å². The van der Waals surface area contributed by atoms with Crippen LogP contribution in [0.3, 0.4) is 0 Å². The summed E-state index contributed by atoms with van der Waals surface area (Å²) in [5, 5.41) is 14.2. The van der Waals surface area contributed by atoms with Gasteiger partial charge in [-0.2, -0.15) is 0 Å². The van der Waals surface area contributed by atoms with Crippen LogP contribution in [0.5, 0.6) is 0 Å². The summed E-state index contributed by atoms with van der Waals surface area (Å²) in [5.74, 6) is 0. The van der Waals surface area contributed by atoms with Crippen molar-refractivity contribution in [2.24, 2.45) is 5.16 Å². The molecule has 1 aromatic rings. The zero-order chi connectivity index (χ0) is 16.7. The molecule has 0 bridgehead atoms. The van der Waals surface area contributed by atoms with Gasteiger partial charge in [0.05, 0.1) is 31.2 Å². The van der Waals surface area contributed by atoms with E-state index in [9.17, 15) is 9.67 Å². The van der Waals surface area contributed by atoms with Gasteiger partial charge >= 0.3 is 7.60 Å². The molecule has 2 unspecified atom stereocenters. The van der Waals surface area contributed by atoms with E-state index < -0.39 is 13.7 Å². The Morgan fingerprint density at radius 2 is 1.96 bits per heavy atom. The molecule has 128 valence electrons. The topological polar surface area (TPSA) is 77.4 Å². The van der Waals surface area contributed by atoms with Crippen LogP contribution in [-0.2, 0) is 18.5 Å². The van der Waals surface area contributed by atoms with E-state index in [-0.39, 0.29) is 12.3 Å². The van der Waals surface area contributed by atoms with Crippen LogP contribution in [0, 0.1) is 0 Å². The van der Waals surface area contributed by atoms with Gasteiger partial charge in [-0.15, -0.1) is 0 Å². The Labute approximate surface area is 137 Å². The second-order valence-electron chi connectivity index (χ2n) is 5.36. The first-order chi connectivity index (χ1) is 11.1. The minimum atomic E-state index is -3.16. The van der Waals surface area contributed by atoms with Crippen LogP contribution < -0.4 is 0 Å². The Bertz CT molecular complexity index is 553. The van der Waals surface area contributed by atoms with Gasteiger partial charge in [-0.05, 0) is 19.4 Å². The maximum Gasteiger partial charge on any atom is 0.336 e. The molecule has 6 nitrogen and oxygen atoms in total. The van der Waals surface area contributed by atoms with Gasteiger partial charge in [0.25, 0.3) is 0 Å². The average Bonchev–Trinajstić information content (AvgIpc) is 2.95. The van der Waals surface area contributed by atoms with Crippen LogP contribution in [0.2, 0.25) is 0 Å². The molecule has 1 N–H and O–H groups in total. The summed E-state index contributed by atoms with van der Waals surface area (Å²) >= 11 is 0. The van der Waals surface area contributed by atoms with Crippen molar-refractivity contribution in [2.45, 2.75) is 38.9 Å². The second-order valence-corrected chi connectivity index (χ2v) is 7.41. The van der Waals surface area contributed by atoms with E-state index >= 15 is 0 Å². The highest BCUT2D eigenvalue weighted by molar-refractivity contribution is 7.54. The number of nitrogens with zero attached hydrogens (tertiary/aromatic N) is 1. The predicted octanol–water partition coefficient (Wildman–Crippen LogP) is 3.52. The molecule has 0 fully saturated rings. The lowest BCUT2D eigenvalue weighted by atomic mass is 10.0. The second kappa shape index (κ2) is 8.60. The summed E-state index contributed by atoms with van der Waals surface area (Å²) in [5.41, 5.74) is 1.50. The molecule has 0 radical (unpaired) electrons. The third-order valence-electron chi connectivity index (χ3n) is 3.49. The van der Waals surface area contributed by atoms with Crippen LogP contribution in [0.1, 0.15) is 38.4 Å². The van der Waals surface area contributed by atoms with Crippen LogP contribution in [-0.4, -0.2) is 36.3 Å². The largest absolute Gasteiger partial charge is 0.392 e. The number of aliphatic hydroxyl groups excluding tert-OH is 1. The highest BCUT2D eigenvalue weighted by Crippen LogP contribution is 2.48. The maximum atomic E-state index is 12.5. The normalized spacial score (nSPS) is 19.3. The molecular weight excluding hydrogens is 317 g/mol. The number of hydrogen-bond acceptors (Lipinski definition) is 6. The van der Waals surface area contributed by atoms with Crippen molar-refractivity contribution < 1.29 is 23.6 Å². The Morgan fingerprint density at radius 3 is 2.57 bits per heavy atom. The monoisotopic (exact) mass is 341 g/mol. The minimum absolute atomic E-state index is 0.132. The van der Waals surface area contributed by atoms with Crippen LogP contribution >= 0.6 is 7.60 Å². The lowest BCUT2D eigenvalue weighted by Gasteiger charge is -2.16. The van der Waals surface area contributed by atoms with Crippen molar-refractivity contribution in [1.29, 1.82) is 0 Å². The van der Waals surface area contributed by atoms with Gasteiger partial charge < -0.3 is 19.0 Å². The Hall–Kier alpha value is -1.20. The molecule has 23 heavy (non-hydrogen) atoms. The molecule has 0 saturated carbocycles. The van der Waals surface area contributed by atoms with E-state index in [0.717, 1.165) is 5.56 Å². The summed E-state index contributed by atoms with van der Waals surface area (Å²) in [6, 6.07) is 9.43. The summed E-state index contributed by atoms with van der Waals surface area (Å²) < 4.78 is 23.0. The predicted molar refractivity (Wildman–Crippen MR) is 88.7 cm³/mol. The van der Waals surface area contributed by atoms with E-state index in [2.05, 4.69) is 5.16 Å². The van der Waals surface area contributed by atoms with Gasteiger partial charge in [0, 0.05) is 12.8 Å². The first-order valence-corrected chi connectivity index (χ1v) is 9.61. The van der Waals surface area contributed by atoms with Crippen molar-refractivity contribution in [3.8, 4) is 0 Å². The SMILES string of the molecule is CCOP(=O)(CC1=NOC(CC(O)c2ccccc2)C1)OCC. The Morgan fingerprint density at radius 1 is 1.30 bits per heavy atom. The molecule has 0 aliphatic carbocycles. The summed E-state index contributed by atoms with van der Waals surface area (Å²) in [4.78, 5) is 5.36. The Balaban J connectivity index is 1.86. The van der Waals surface area contributed by atoms with Crippen LogP contribution in [0.15, 0.2) is 35.5 Å². The number of oxime groups is 1. The van der Waals surface area contributed by atoms with Gasteiger partial charge in [0.1, 0.15) is 6.10 Å². The molecule has 0 aromatic heterocycles. The summed E-state index contributed by atoms with van der Waals surface area (Å²) in [6.45, 7) is 4.19. The molecule has 0 spiro atoms. The maximum absolute atomic E-state index is 12.5. The van der Waals surface area contributed by atoms with Crippen molar-refractivity contribution in [3.05, 3.63) is 35.9 Å². The molecule has 2 rings (SSSR count). The Kier molecular flexibility index (Phi) is 6.78. The molecule has 0 saturated heterocycles. The van der Waals surface area contributed by atoms with Crippen molar-refractivity contribution in [1.82, 2.24) is 0 Å². The molecule has 1 heterocycles. The highest BCUT2D eigenvalue weighted by Gasteiger charge is 2.32. The standard InChI is InChI=1S/C16H24NO5P/c1-3-20-23(19,21-4-2)12-14-10-15(22-17-14)11-16(18)13-8-6-5-7-9-13/h5-9,15-16,18H,3-4,10-12H2,1-2H3. The van der Waals surface area contributed by atoms with E-state index in [1.54, 1.807) is 13.8 Å². The van der Waals surface area contributed by atoms with Crippen molar-refractivity contribution >= 4 is 13.3 Å². The molecule has 2 atom stereocenters. The fourth-order valence-corrected chi connectivity index (χ4v) is 4.19. The smallest absolute Gasteiger partial charge is 0.336 e. The van der Waals surface area contributed by atoms with Crippen molar-refractivity contribution in [3.63, 3.8) is 0 Å². The van der Waals surface area contributed by atoms with Gasteiger partial charge in [-0.3, -0.25) is 4.57 Å². The minimum Gasteiger partial charge on any atom is -0.392 e. The fraction of sp³-hybridized carbons (Fsp3) is 0.562. The molecule has 0 amide bonds. The lowest BCUT2D eigenvalue weighted by Crippen LogP contribution is -2.15. The van der Waals surface area contributed by atoms with Crippen LogP contribution in [0.4, 0.5) is 0 Å². The van der Waals surface area contributed by atoms with E-state index in [0.29, 0.717) is 31.8 Å². The first kappa shape index (κ1) is 18.1. The molecule has 7 heteroatoms. The van der Waals surface area contributed by atoms with Crippen LogP contribution in [0.25, 0.3) is 0 Å². The van der Waals surface area contributed by atoms with E-state index in [1.807, 2.05) is 30.3 Å². The number of aliphatic hydroxyl groups is 1. The molecule has 1 aliphatic heterocycles. The molecular formula is C16H24NO5P. The molecule has 1 aromatic carbocycles. The number of rotatable bonds is 9. The number of benzene rings is 1. The zero-order valence-electron chi connectivity index (χ0n) is 13.6. The van der Waals surface area contributed by atoms with Gasteiger partial charge in [0.15, 0.2) is 0 Å². The lowest BCUT2D eigenvalue weighted by molar-refractivity contribution is 0.0363. The van der Waals surface area contributed by atoms with Gasteiger partial charge in [-0.25, -0.2) is 0 Å². The third-order valence-corrected chi connectivity index (χ3v) is 5.55. The van der Waals surface area contributed by atoms with Gasteiger partial charge in [-0.1, -0.05) is 35.5 Å². The average molecular weight is 341 g/mol. The van der Waals surface area contributed by atoms with E-state index in [4.69, 9.17) is 13.9 Å². The van der Waals surface area contributed by atoms with E-state index in [1.165, 1.54) is 0 Å². The van der Waals surface area contributed by atoms with Gasteiger partial charge in [0.2, 0.25) is 0 Å². The summed E-state index contributed by atoms with van der Waals surface area (Å²) in [7, 11) is -3.16.